The first-order valence-corrected chi connectivity index (χ1v) is 4.82. The Balaban J connectivity index is 2.45. The van der Waals surface area contributed by atoms with Gasteiger partial charge in [0.1, 0.15) is 0 Å². The Morgan fingerprint density at radius 2 is 2.57 bits per heavy atom. The van der Waals surface area contributed by atoms with Crippen LogP contribution in [0.15, 0.2) is 21.6 Å². The predicted octanol–water partition coefficient (Wildman–Crippen LogP) is 0.976. The van der Waals surface area contributed by atoms with Crippen LogP contribution in [0, 0.1) is 0 Å². The van der Waals surface area contributed by atoms with E-state index < -0.39 is 0 Å². The SMILES string of the molecule is CCC1=CC=C[SeH2]1. The number of hydrogen-bond donors (Lipinski definition) is 0. The Hall–Kier alpha value is -0.000519. The summed E-state index contributed by atoms with van der Waals surface area (Å²) in [4.78, 5) is 2.32. The first-order valence-electron chi connectivity index (χ1n) is 2.55. The van der Waals surface area contributed by atoms with Gasteiger partial charge in [-0.1, -0.05) is 0 Å². The Labute approximate surface area is 50.5 Å². The van der Waals surface area contributed by atoms with Gasteiger partial charge in [-0.2, -0.15) is 0 Å². The molecule has 0 saturated carbocycles. The van der Waals surface area contributed by atoms with Gasteiger partial charge in [-0.25, -0.2) is 0 Å². The fourth-order valence-electron chi connectivity index (χ4n) is 0.587. The van der Waals surface area contributed by atoms with Crippen molar-refractivity contribution in [2.75, 3.05) is 0 Å². The normalized spacial score (nSPS) is 23.3. The van der Waals surface area contributed by atoms with Gasteiger partial charge in [0, 0.05) is 0 Å². The molecule has 40 valence electrons. The third-order valence-corrected chi connectivity index (χ3v) is 3.67. The van der Waals surface area contributed by atoms with Gasteiger partial charge in [0.25, 0.3) is 0 Å². The van der Waals surface area contributed by atoms with E-state index in [4.69, 9.17) is 0 Å². The molecule has 0 aromatic heterocycles. The number of rotatable bonds is 1. The van der Waals surface area contributed by atoms with E-state index in [0.717, 1.165) is 0 Å². The summed E-state index contributed by atoms with van der Waals surface area (Å²) >= 11 is 0.243. The molecule has 1 heteroatoms. The summed E-state index contributed by atoms with van der Waals surface area (Å²) < 4.78 is 1.68. The predicted molar refractivity (Wildman–Crippen MR) is 36.1 cm³/mol. The zero-order valence-corrected chi connectivity index (χ0v) is 6.54. The summed E-state index contributed by atoms with van der Waals surface area (Å²) in [6.07, 6.45) is 5.70. The van der Waals surface area contributed by atoms with Crippen molar-refractivity contribution in [2.45, 2.75) is 13.3 Å². The van der Waals surface area contributed by atoms with E-state index >= 15 is 0 Å². The van der Waals surface area contributed by atoms with Crippen molar-refractivity contribution in [3.63, 3.8) is 0 Å². The van der Waals surface area contributed by atoms with Gasteiger partial charge in [0.15, 0.2) is 0 Å². The van der Waals surface area contributed by atoms with Crippen LogP contribution in [-0.4, -0.2) is 15.0 Å². The molecule has 0 radical (unpaired) electrons. The van der Waals surface area contributed by atoms with E-state index in [9.17, 15) is 0 Å². The average Bonchev–Trinajstić information content (AvgIpc) is 2.14. The standard InChI is InChI=1S/C6H10Se/c1-2-6-4-3-5-7-6/h3-5H,2,7H2,1H3. The molecular formula is C6H10Se. The van der Waals surface area contributed by atoms with E-state index in [2.05, 4.69) is 24.1 Å². The van der Waals surface area contributed by atoms with Crippen molar-refractivity contribution in [3.05, 3.63) is 21.6 Å². The molecule has 0 fully saturated rings. The van der Waals surface area contributed by atoms with Crippen LogP contribution in [0.5, 0.6) is 0 Å². The molecule has 0 N–H and O–H groups in total. The Morgan fingerprint density at radius 1 is 1.71 bits per heavy atom. The van der Waals surface area contributed by atoms with Gasteiger partial charge < -0.3 is 0 Å². The fraction of sp³-hybridized carbons (Fsp3) is 0.333. The van der Waals surface area contributed by atoms with Crippen molar-refractivity contribution in [1.82, 2.24) is 0 Å². The molecule has 0 bridgehead atoms. The van der Waals surface area contributed by atoms with Crippen molar-refractivity contribution in [1.29, 1.82) is 0 Å². The fourth-order valence-corrected chi connectivity index (χ4v) is 2.27. The van der Waals surface area contributed by atoms with Crippen LogP contribution in [0.2, 0.25) is 0 Å². The quantitative estimate of drug-likeness (QED) is 0.503. The molecule has 0 aromatic carbocycles. The van der Waals surface area contributed by atoms with Crippen molar-refractivity contribution >= 4 is 15.0 Å². The van der Waals surface area contributed by atoms with Crippen molar-refractivity contribution < 1.29 is 0 Å². The second-order valence-electron chi connectivity index (χ2n) is 1.55. The molecule has 0 aliphatic carbocycles. The Bertz CT molecular complexity index is 111. The van der Waals surface area contributed by atoms with Crippen LogP contribution in [0.25, 0.3) is 0 Å². The number of hydrogen-bond acceptors (Lipinski definition) is 0. The van der Waals surface area contributed by atoms with Crippen LogP contribution in [0.4, 0.5) is 0 Å². The van der Waals surface area contributed by atoms with Gasteiger partial charge in [-0.05, 0) is 0 Å². The summed E-state index contributed by atoms with van der Waals surface area (Å²) in [5, 5.41) is 0. The Kier molecular flexibility index (Phi) is 1.72. The second-order valence-corrected chi connectivity index (χ2v) is 4.20. The summed E-state index contributed by atoms with van der Waals surface area (Å²) in [5.74, 6) is 0. The molecule has 0 unspecified atom stereocenters. The molecule has 1 rings (SSSR count). The van der Waals surface area contributed by atoms with E-state index in [1.165, 1.54) is 6.42 Å². The van der Waals surface area contributed by atoms with Gasteiger partial charge in [0.05, 0.1) is 0 Å². The third-order valence-electron chi connectivity index (χ3n) is 1.04. The van der Waals surface area contributed by atoms with E-state index in [1.54, 1.807) is 4.47 Å². The third kappa shape index (κ3) is 1.18. The number of allylic oxidation sites excluding steroid dienone is 3. The van der Waals surface area contributed by atoms with Crippen LogP contribution in [-0.2, 0) is 0 Å². The average molecular weight is 161 g/mol. The molecule has 1 aliphatic rings. The molecule has 0 nitrogen and oxygen atoms in total. The summed E-state index contributed by atoms with van der Waals surface area (Å²) in [6, 6.07) is 0. The molecule has 1 aliphatic heterocycles. The topological polar surface area (TPSA) is 0 Å². The van der Waals surface area contributed by atoms with Crippen LogP contribution in [0.3, 0.4) is 0 Å². The maximum absolute atomic E-state index is 2.32. The van der Waals surface area contributed by atoms with Gasteiger partial charge in [-0.3, -0.25) is 0 Å². The second kappa shape index (κ2) is 2.34. The van der Waals surface area contributed by atoms with Crippen molar-refractivity contribution in [3.8, 4) is 0 Å². The van der Waals surface area contributed by atoms with Crippen molar-refractivity contribution in [2.24, 2.45) is 0 Å². The van der Waals surface area contributed by atoms with E-state index in [0.29, 0.717) is 0 Å². The first kappa shape index (κ1) is 5.14. The molecule has 0 atom stereocenters. The molecular weight excluding hydrogens is 151 g/mol. The molecule has 0 spiro atoms. The Morgan fingerprint density at radius 3 is 2.86 bits per heavy atom. The van der Waals surface area contributed by atoms with E-state index in [-0.39, 0.29) is 15.0 Å². The van der Waals surface area contributed by atoms with Gasteiger partial charge >= 0.3 is 49.9 Å². The molecule has 0 saturated heterocycles. The zero-order chi connectivity index (χ0) is 5.11. The molecule has 1 heterocycles. The van der Waals surface area contributed by atoms with Crippen LogP contribution >= 0.6 is 0 Å². The van der Waals surface area contributed by atoms with Gasteiger partial charge in [-0.15, -0.1) is 0 Å². The van der Waals surface area contributed by atoms with E-state index in [1.807, 2.05) is 0 Å². The first-order chi connectivity index (χ1) is 3.43. The monoisotopic (exact) mass is 162 g/mol. The van der Waals surface area contributed by atoms with Crippen LogP contribution in [0.1, 0.15) is 13.3 Å². The molecule has 0 amide bonds. The summed E-state index contributed by atoms with van der Waals surface area (Å²) in [6.45, 7) is 2.22. The summed E-state index contributed by atoms with van der Waals surface area (Å²) in [5.41, 5.74) is 0. The van der Waals surface area contributed by atoms with Gasteiger partial charge in [0.2, 0.25) is 0 Å². The maximum atomic E-state index is 2.32. The minimum atomic E-state index is 0.243. The zero-order valence-electron chi connectivity index (χ0n) is 4.44. The molecule has 0 aromatic rings. The minimum absolute atomic E-state index is 0.243. The summed E-state index contributed by atoms with van der Waals surface area (Å²) in [7, 11) is 0. The van der Waals surface area contributed by atoms with Crippen LogP contribution < -0.4 is 0 Å². The molecule has 7 heavy (non-hydrogen) atoms.